The molecule has 0 saturated heterocycles. The molecule has 1 unspecified atom stereocenters. The Kier molecular flexibility index (Phi) is 7.68. The second-order valence-electron chi connectivity index (χ2n) is 8.13. The minimum atomic E-state index is -0.889. The van der Waals surface area contributed by atoms with Gasteiger partial charge in [-0.25, -0.2) is 0 Å². The molecule has 1 N–H and O–H groups in total. The van der Waals surface area contributed by atoms with Crippen LogP contribution < -0.4 is 15.0 Å². The second-order valence-corrected chi connectivity index (χ2v) is 9.57. The topological polar surface area (TPSA) is 58.6 Å². The third-order valence-corrected chi connectivity index (χ3v) is 7.15. The van der Waals surface area contributed by atoms with Crippen LogP contribution in [0, 0.1) is 0 Å². The number of thiophene rings is 1. The molecule has 4 rings (SSSR count). The number of hydrogen-bond donors (Lipinski definition) is 1. The van der Waals surface area contributed by atoms with Crippen LogP contribution in [-0.2, 0) is 16.0 Å². The Morgan fingerprint density at radius 1 is 1.09 bits per heavy atom. The van der Waals surface area contributed by atoms with Gasteiger partial charge in [-0.15, -0.1) is 11.3 Å². The Labute approximate surface area is 203 Å². The molecule has 0 aliphatic heterocycles. The Morgan fingerprint density at radius 3 is 2.45 bits per heavy atom. The molecule has 1 saturated carbocycles. The molecule has 1 aliphatic carbocycles. The monoisotopic (exact) mass is 482 g/mol. The summed E-state index contributed by atoms with van der Waals surface area (Å²) in [6, 6.07) is 17.5. The first kappa shape index (κ1) is 23.3. The predicted molar refractivity (Wildman–Crippen MR) is 133 cm³/mol. The highest BCUT2D eigenvalue weighted by Gasteiger charge is 2.35. The number of anilines is 1. The highest BCUT2D eigenvalue weighted by Crippen LogP contribution is 2.34. The van der Waals surface area contributed by atoms with E-state index in [1.54, 1.807) is 42.3 Å². The zero-order valence-corrected chi connectivity index (χ0v) is 20.1. The van der Waals surface area contributed by atoms with E-state index in [0.29, 0.717) is 22.0 Å². The first-order valence-corrected chi connectivity index (χ1v) is 12.4. The number of methoxy groups -OCH3 is 1. The van der Waals surface area contributed by atoms with Gasteiger partial charge in [-0.05, 0) is 54.6 Å². The summed E-state index contributed by atoms with van der Waals surface area (Å²) < 4.78 is 5.29. The van der Waals surface area contributed by atoms with E-state index >= 15 is 0 Å². The first-order chi connectivity index (χ1) is 16.1. The molecule has 2 amide bonds. The van der Waals surface area contributed by atoms with Crippen molar-refractivity contribution in [2.45, 2.75) is 44.2 Å². The van der Waals surface area contributed by atoms with Gasteiger partial charge >= 0.3 is 0 Å². The van der Waals surface area contributed by atoms with Gasteiger partial charge in [-0.3, -0.25) is 14.5 Å². The van der Waals surface area contributed by atoms with Crippen molar-refractivity contribution >= 4 is 40.4 Å². The molecule has 1 aliphatic rings. The largest absolute Gasteiger partial charge is 0.497 e. The molecule has 0 spiro atoms. The number of ether oxygens (including phenoxy) is 1. The highest BCUT2D eigenvalue weighted by atomic mass is 35.5. The zero-order chi connectivity index (χ0) is 23.2. The summed E-state index contributed by atoms with van der Waals surface area (Å²) in [5.41, 5.74) is 1.22. The summed E-state index contributed by atoms with van der Waals surface area (Å²) in [6.45, 7) is 0. The van der Waals surface area contributed by atoms with Crippen LogP contribution in [0.3, 0.4) is 0 Å². The third kappa shape index (κ3) is 5.57. The van der Waals surface area contributed by atoms with Crippen molar-refractivity contribution in [1.82, 2.24) is 5.32 Å². The number of nitrogens with one attached hydrogen (secondary N) is 1. The number of hydrogen-bond acceptors (Lipinski definition) is 4. The van der Waals surface area contributed by atoms with Crippen molar-refractivity contribution in [3.8, 4) is 5.75 Å². The molecule has 1 aromatic heterocycles. The SMILES string of the molecule is COc1ccc(N(C(=O)Cc2cccs2)C(C(=O)NC2CCCC2)c2ccccc2Cl)cc1. The lowest BCUT2D eigenvalue weighted by molar-refractivity contribution is -0.127. The van der Waals surface area contributed by atoms with Crippen molar-refractivity contribution in [1.29, 1.82) is 0 Å². The molecule has 1 heterocycles. The average molecular weight is 483 g/mol. The van der Waals surface area contributed by atoms with Crippen LogP contribution in [0.2, 0.25) is 5.02 Å². The quantitative estimate of drug-likeness (QED) is 0.442. The lowest BCUT2D eigenvalue weighted by Crippen LogP contribution is -2.47. The fourth-order valence-corrected chi connectivity index (χ4v) is 5.21. The number of nitrogens with zero attached hydrogens (tertiary/aromatic N) is 1. The molecule has 33 heavy (non-hydrogen) atoms. The van der Waals surface area contributed by atoms with Crippen LogP contribution in [0.25, 0.3) is 0 Å². The lowest BCUT2D eigenvalue weighted by atomic mass is 10.0. The second kappa shape index (κ2) is 10.9. The molecule has 2 aromatic carbocycles. The summed E-state index contributed by atoms with van der Waals surface area (Å²) in [7, 11) is 1.59. The van der Waals surface area contributed by atoms with Gasteiger partial charge in [0.1, 0.15) is 11.8 Å². The minimum absolute atomic E-state index is 0.118. The molecule has 0 bridgehead atoms. The van der Waals surface area contributed by atoms with Gasteiger partial charge in [0, 0.05) is 27.2 Å². The molecular formula is C26H27ClN2O3S. The van der Waals surface area contributed by atoms with Gasteiger partial charge in [0.05, 0.1) is 13.5 Å². The van der Waals surface area contributed by atoms with Crippen LogP contribution in [0.15, 0.2) is 66.0 Å². The maximum Gasteiger partial charge on any atom is 0.248 e. The summed E-state index contributed by atoms with van der Waals surface area (Å²) >= 11 is 8.09. The van der Waals surface area contributed by atoms with Crippen molar-refractivity contribution in [3.05, 3.63) is 81.5 Å². The molecule has 5 nitrogen and oxygen atoms in total. The van der Waals surface area contributed by atoms with Crippen molar-refractivity contribution in [2.24, 2.45) is 0 Å². The molecular weight excluding hydrogens is 456 g/mol. The van der Waals surface area contributed by atoms with Crippen LogP contribution in [0.1, 0.15) is 42.2 Å². The maximum absolute atomic E-state index is 13.7. The lowest BCUT2D eigenvalue weighted by Gasteiger charge is -2.33. The van der Waals surface area contributed by atoms with E-state index in [2.05, 4.69) is 5.32 Å². The summed E-state index contributed by atoms with van der Waals surface area (Å²) in [4.78, 5) is 29.9. The number of amides is 2. The Bertz CT molecular complexity index is 1080. The third-order valence-electron chi connectivity index (χ3n) is 5.93. The molecule has 0 radical (unpaired) electrons. The van der Waals surface area contributed by atoms with E-state index in [1.807, 2.05) is 35.7 Å². The van der Waals surface area contributed by atoms with Crippen LogP contribution in [-0.4, -0.2) is 25.0 Å². The van der Waals surface area contributed by atoms with Crippen molar-refractivity contribution in [3.63, 3.8) is 0 Å². The van der Waals surface area contributed by atoms with Gasteiger partial charge in [0.2, 0.25) is 11.8 Å². The molecule has 1 atom stereocenters. The predicted octanol–water partition coefficient (Wildman–Crippen LogP) is 5.79. The van der Waals surface area contributed by atoms with Crippen LogP contribution >= 0.6 is 22.9 Å². The number of carbonyl (C=O) groups excluding carboxylic acids is 2. The fourth-order valence-electron chi connectivity index (χ4n) is 4.27. The molecule has 7 heteroatoms. The number of halogens is 1. The van der Waals surface area contributed by atoms with Crippen LogP contribution in [0.4, 0.5) is 5.69 Å². The van der Waals surface area contributed by atoms with Gasteiger partial charge in [-0.2, -0.15) is 0 Å². The average Bonchev–Trinajstić information content (AvgIpc) is 3.52. The van der Waals surface area contributed by atoms with E-state index in [4.69, 9.17) is 16.3 Å². The summed E-state index contributed by atoms with van der Waals surface area (Å²) in [6.07, 6.45) is 4.29. The van der Waals surface area contributed by atoms with E-state index in [9.17, 15) is 9.59 Å². The maximum atomic E-state index is 13.7. The first-order valence-electron chi connectivity index (χ1n) is 11.1. The van der Waals surface area contributed by atoms with E-state index < -0.39 is 6.04 Å². The van der Waals surface area contributed by atoms with Gasteiger partial charge < -0.3 is 10.1 Å². The molecule has 1 fully saturated rings. The van der Waals surface area contributed by atoms with E-state index in [0.717, 1.165) is 30.6 Å². The molecule has 3 aromatic rings. The summed E-state index contributed by atoms with van der Waals surface area (Å²) in [5.74, 6) is 0.286. The van der Waals surface area contributed by atoms with E-state index in [-0.39, 0.29) is 24.3 Å². The summed E-state index contributed by atoms with van der Waals surface area (Å²) in [5, 5.41) is 5.57. The van der Waals surface area contributed by atoms with Crippen LogP contribution in [0.5, 0.6) is 5.75 Å². The molecule has 172 valence electrons. The Balaban J connectivity index is 1.77. The van der Waals surface area contributed by atoms with Gasteiger partial charge in [0.15, 0.2) is 0 Å². The standard InChI is InChI=1S/C26H27ClN2O3S/c1-32-20-14-12-19(13-15-20)29(24(30)17-21-9-6-16-33-21)25(22-10-4-5-11-23(22)27)26(31)28-18-7-2-3-8-18/h4-6,9-16,18,25H,2-3,7-8,17H2,1H3,(H,28,31). The van der Waals surface area contributed by atoms with Crippen molar-refractivity contribution in [2.75, 3.05) is 12.0 Å². The van der Waals surface area contributed by atoms with E-state index in [1.165, 1.54) is 11.3 Å². The minimum Gasteiger partial charge on any atom is -0.497 e. The van der Waals surface area contributed by atoms with Gasteiger partial charge in [-0.1, -0.05) is 48.7 Å². The normalized spacial score (nSPS) is 14.6. The van der Waals surface area contributed by atoms with Crippen molar-refractivity contribution < 1.29 is 14.3 Å². The van der Waals surface area contributed by atoms with Gasteiger partial charge in [0.25, 0.3) is 0 Å². The Hall–Kier alpha value is -2.83. The highest BCUT2D eigenvalue weighted by molar-refractivity contribution is 7.10. The number of benzene rings is 2. The number of rotatable bonds is 8. The Morgan fingerprint density at radius 2 is 1.82 bits per heavy atom. The zero-order valence-electron chi connectivity index (χ0n) is 18.5. The fraction of sp³-hybridized carbons (Fsp3) is 0.308. The number of carbonyl (C=O) groups is 2. The smallest absolute Gasteiger partial charge is 0.248 e.